The van der Waals surface area contributed by atoms with Crippen LogP contribution >= 0.6 is 0 Å². The minimum absolute atomic E-state index is 0.131. The second kappa shape index (κ2) is 5.15. The Kier molecular flexibility index (Phi) is 3.40. The third-order valence-corrected chi connectivity index (χ3v) is 2.55. The fraction of sp³-hybridized carbons (Fsp3) is 0.0667. The molecular weight excluding hydrogens is 224 g/mol. The fourth-order valence-electron chi connectivity index (χ4n) is 1.59. The summed E-state index contributed by atoms with van der Waals surface area (Å²) < 4.78 is 0. The Labute approximate surface area is 106 Å². The quantitative estimate of drug-likeness (QED) is 0.813. The van der Waals surface area contributed by atoms with Gasteiger partial charge >= 0.3 is 0 Å². The van der Waals surface area contributed by atoms with E-state index in [1.54, 1.807) is 30.5 Å². The van der Waals surface area contributed by atoms with Crippen LogP contribution in [0.3, 0.4) is 0 Å². The van der Waals surface area contributed by atoms with Gasteiger partial charge < -0.3 is 5.11 Å². The molecule has 0 heterocycles. The van der Waals surface area contributed by atoms with Gasteiger partial charge in [0.15, 0.2) is 0 Å². The van der Waals surface area contributed by atoms with E-state index >= 15 is 0 Å². The lowest BCUT2D eigenvalue weighted by Gasteiger charge is -2.00. The maximum Gasteiger partial charge on any atom is 0.141 e. The zero-order chi connectivity index (χ0) is 13.0. The summed E-state index contributed by atoms with van der Waals surface area (Å²) in [5.74, 6) is 0.131. The molecule has 0 aromatic heterocycles. The van der Waals surface area contributed by atoms with Crippen LogP contribution in [0.2, 0.25) is 0 Å². The van der Waals surface area contributed by atoms with Gasteiger partial charge in [-0.1, -0.05) is 24.3 Å². The molecule has 0 amide bonds. The molecular formula is C15H12N2O. The molecule has 0 fully saturated rings. The topological polar surface area (TPSA) is 56.4 Å². The van der Waals surface area contributed by atoms with Gasteiger partial charge in [0.1, 0.15) is 11.4 Å². The third-order valence-electron chi connectivity index (χ3n) is 2.55. The molecule has 2 aromatic rings. The molecule has 0 aliphatic carbocycles. The normalized spacial score (nSPS) is 10.4. The number of hydrogen-bond donors (Lipinski definition) is 1. The minimum atomic E-state index is 0.131. The van der Waals surface area contributed by atoms with Crippen LogP contribution in [0.4, 0.5) is 5.69 Å². The van der Waals surface area contributed by atoms with Crippen molar-refractivity contribution >= 4 is 11.9 Å². The summed E-state index contributed by atoms with van der Waals surface area (Å²) in [6.07, 6.45) is 1.59. The summed E-state index contributed by atoms with van der Waals surface area (Å²) >= 11 is 0. The molecule has 0 aliphatic rings. The van der Waals surface area contributed by atoms with E-state index in [4.69, 9.17) is 5.26 Å². The van der Waals surface area contributed by atoms with E-state index in [-0.39, 0.29) is 5.75 Å². The van der Waals surface area contributed by atoms with Crippen LogP contribution in [0.1, 0.15) is 16.7 Å². The number of hydrogen-bond acceptors (Lipinski definition) is 3. The number of nitrogens with zero attached hydrogens (tertiary/aromatic N) is 2. The number of phenolic OH excluding ortho intramolecular Hbond substituents is 1. The molecule has 0 aliphatic heterocycles. The summed E-state index contributed by atoms with van der Waals surface area (Å²) in [5, 5.41) is 18.6. The van der Waals surface area contributed by atoms with E-state index in [1.165, 1.54) is 0 Å². The van der Waals surface area contributed by atoms with Crippen molar-refractivity contribution in [2.24, 2.45) is 4.99 Å². The molecule has 0 saturated heterocycles. The van der Waals surface area contributed by atoms with Gasteiger partial charge in [-0.05, 0) is 30.7 Å². The highest BCUT2D eigenvalue weighted by Gasteiger charge is 2.00. The van der Waals surface area contributed by atoms with Crippen LogP contribution < -0.4 is 0 Å². The first-order valence-corrected chi connectivity index (χ1v) is 5.53. The maximum absolute atomic E-state index is 9.66. The summed E-state index contributed by atoms with van der Waals surface area (Å²) in [6, 6.07) is 14.5. The highest BCUT2D eigenvalue weighted by Crippen LogP contribution is 2.26. The molecule has 0 radical (unpaired) electrons. The van der Waals surface area contributed by atoms with Gasteiger partial charge in [-0.15, -0.1) is 0 Å². The minimum Gasteiger partial charge on any atom is -0.506 e. The van der Waals surface area contributed by atoms with Crippen molar-refractivity contribution in [2.75, 3.05) is 0 Å². The van der Waals surface area contributed by atoms with Gasteiger partial charge in [0.05, 0.1) is 11.6 Å². The molecule has 0 bridgehead atoms. The van der Waals surface area contributed by atoms with Gasteiger partial charge in [-0.25, -0.2) is 0 Å². The Balaban J connectivity index is 2.36. The third kappa shape index (κ3) is 2.55. The highest BCUT2D eigenvalue weighted by atomic mass is 16.3. The van der Waals surface area contributed by atoms with Crippen molar-refractivity contribution in [2.45, 2.75) is 6.92 Å². The van der Waals surface area contributed by atoms with E-state index in [2.05, 4.69) is 11.1 Å². The summed E-state index contributed by atoms with van der Waals surface area (Å²) in [4.78, 5) is 4.22. The van der Waals surface area contributed by atoms with Gasteiger partial charge in [0.2, 0.25) is 0 Å². The fourth-order valence-corrected chi connectivity index (χ4v) is 1.59. The van der Waals surface area contributed by atoms with Crippen LogP contribution in [-0.4, -0.2) is 11.3 Å². The number of aliphatic imine (C=N–C) groups is 1. The Bertz CT molecular complexity index is 639. The van der Waals surface area contributed by atoms with Crippen LogP contribution in [0.25, 0.3) is 0 Å². The zero-order valence-electron chi connectivity index (χ0n) is 9.96. The number of aromatic hydroxyl groups is 1. The molecule has 3 heteroatoms. The molecule has 3 nitrogen and oxygen atoms in total. The van der Waals surface area contributed by atoms with Crippen LogP contribution in [-0.2, 0) is 0 Å². The number of nitriles is 1. The number of phenols is 1. The van der Waals surface area contributed by atoms with Crippen molar-refractivity contribution < 1.29 is 5.11 Å². The second-order valence-electron chi connectivity index (χ2n) is 3.95. The molecule has 18 heavy (non-hydrogen) atoms. The van der Waals surface area contributed by atoms with Crippen LogP contribution in [0.15, 0.2) is 47.5 Å². The predicted octanol–water partition coefficient (Wildman–Crippen LogP) is 3.32. The maximum atomic E-state index is 9.66. The van der Waals surface area contributed by atoms with Gasteiger partial charge in [-0.2, -0.15) is 5.26 Å². The molecule has 2 aromatic carbocycles. The Morgan fingerprint density at radius 1 is 1.22 bits per heavy atom. The summed E-state index contributed by atoms with van der Waals surface area (Å²) in [5.41, 5.74) is 2.82. The summed E-state index contributed by atoms with van der Waals surface area (Å²) in [6.45, 7) is 1.93. The average Bonchev–Trinajstić information content (AvgIpc) is 2.40. The van der Waals surface area contributed by atoms with Crippen molar-refractivity contribution in [1.82, 2.24) is 0 Å². The van der Waals surface area contributed by atoms with Crippen molar-refractivity contribution in [3.63, 3.8) is 0 Å². The molecule has 1 N–H and O–H groups in total. The second-order valence-corrected chi connectivity index (χ2v) is 3.95. The SMILES string of the molecule is Cc1ccc(O)c(/N=C/c2ccccc2C#N)c1. The average molecular weight is 236 g/mol. The smallest absolute Gasteiger partial charge is 0.141 e. The molecule has 0 saturated carbocycles. The van der Waals surface area contributed by atoms with Crippen LogP contribution in [0.5, 0.6) is 5.75 Å². The monoisotopic (exact) mass is 236 g/mol. The van der Waals surface area contributed by atoms with E-state index in [0.717, 1.165) is 11.1 Å². The Hall–Kier alpha value is -2.60. The standard InChI is InChI=1S/C15H12N2O/c1-11-6-7-15(18)14(8-11)17-10-13-5-3-2-4-12(13)9-16/h2-8,10,18H,1H3/b17-10+. The van der Waals surface area contributed by atoms with E-state index < -0.39 is 0 Å². The Morgan fingerprint density at radius 3 is 2.78 bits per heavy atom. The van der Waals surface area contributed by atoms with Crippen molar-refractivity contribution in [3.05, 3.63) is 59.2 Å². The largest absolute Gasteiger partial charge is 0.506 e. The van der Waals surface area contributed by atoms with Gasteiger partial charge in [0.25, 0.3) is 0 Å². The van der Waals surface area contributed by atoms with Crippen molar-refractivity contribution in [1.29, 1.82) is 5.26 Å². The summed E-state index contributed by atoms with van der Waals surface area (Å²) in [7, 11) is 0. The predicted molar refractivity (Wildman–Crippen MR) is 71.3 cm³/mol. The van der Waals surface area contributed by atoms with E-state index in [9.17, 15) is 5.11 Å². The molecule has 2 rings (SSSR count). The lowest BCUT2D eigenvalue weighted by atomic mass is 10.1. The van der Waals surface area contributed by atoms with Crippen molar-refractivity contribution in [3.8, 4) is 11.8 Å². The molecule has 88 valence electrons. The molecule has 0 unspecified atom stereocenters. The first-order valence-electron chi connectivity index (χ1n) is 5.53. The van der Waals surface area contributed by atoms with Gasteiger partial charge in [-0.3, -0.25) is 4.99 Å². The first-order chi connectivity index (χ1) is 8.70. The lowest BCUT2D eigenvalue weighted by molar-refractivity contribution is 0.477. The molecule has 0 atom stereocenters. The highest BCUT2D eigenvalue weighted by molar-refractivity contribution is 5.85. The van der Waals surface area contributed by atoms with E-state index in [0.29, 0.717) is 11.3 Å². The lowest BCUT2D eigenvalue weighted by Crippen LogP contribution is -1.86. The first kappa shape index (κ1) is 11.9. The Morgan fingerprint density at radius 2 is 2.00 bits per heavy atom. The number of rotatable bonds is 2. The van der Waals surface area contributed by atoms with E-state index in [1.807, 2.05) is 25.1 Å². The van der Waals surface area contributed by atoms with Gasteiger partial charge in [0, 0.05) is 11.8 Å². The van der Waals surface area contributed by atoms with Crippen LogP contribution in [0, 0.1) is 18.3 Å². The number of aryl methyl sites for hydroxylation is 1. The molecule has 0 spiro atoms. The zero-order valence-corrected chi connectivity index (χ0v) is 9.96. The number of benzene rings is 2.